The maximum Gasteiger partial charge on any atom is 0.270 e. The van der Waals surface area contributed by atoms with Gasteiger partial charge in [-0.05, 0) is 30.5 Å². The molecule has 0 aliphatic carbocycles. The zero-order chi connectivity index (χ0) is 14.6. The number of oxime groups is 1. The molecule has 0 heterocycles. The van der Waals surface area contributed by atoms with Gasteiger partial charge in [0.25, 0.3) is 5.91 Å². The van der Waals surface area contributed by atoms with Crippen LogP contribution in [-0.4, -0.2) is 17.3 Å². The number of aryl methyl sites for hydroxylation is 1. The Labute approximate surface area is 120 Å². The summed E-state index contributed by atoms with van der Waals surface area (Å²) in [6.07, 6.45) is 9.71. The maximum atomic E-state index is 11.2. The lowest BCUT2D eigenvalue weighted by Crippen LogP contribution is -2.12. The lowest BCUT2D eigenvalue weighted by Gasteiger charge is -2.05. The van der Waals surface area contributed by atoms with Gasteiger partial charge in [0.2, 0.25) is 0 Å². The van der Waals surface area contributed by atoms with E-state index in [9.17, 15) is 4.79 Å². The lowest BCUT2D eigenvalue weighted by molar-refractivity contribution is -0.110. The Bertz CT molecular complexity index is 413. The quantitative estimate of drug-likeness (QED) is 0.310. The highest BCUT2D eigenvalue weighted by atomic mass is 16.4. The number of carbonyl (C=O) groups is 1. The Morgan fingerprint density at radius 3 is 2.45 bits per heavy atom. The van der Waals surface area contributed by atoms with E-state index < -0.39 is 5.91 Å². The first-order chi connectivity index (χ1) is 9.76. The molecule has 0 saturated heterocycles. The van der Waals surface area contributed by atoms with Crippen LogP contribution in [0.5, 0.6) is 0 Å². The number of nitrogens with one attached hydrogen (secondary N) is 1. The molecule has 0 aliphatic heterocycles. The highest BCUT2D eigenvalue weighted by Gasteiger charge is 1.99. The number of carbonyl (C=O) groups excluding carboxylic acids is 1. The Morgan fingerprint density at radius 1 is 1.15 bits per heavy atom. The summed E-state index contributed by atoms with van der Waals surface area (Å²) in [6, 6.07) is 7.79. The standard InChI is InChI=1S/C16H24N2O2/c1-2-3-4-5-6-7-8-14-9-11-15(12-10-14)18-16(19)13-17-20/h9-13,20H,2-8H2,1H3,(H,18,19)/b17-13+. The van der Waals surface area contributed by atoms with Crippen molar-refractivity contribution in [1.29, 1.82) is 0 Å². The number of hydrogen-bond donors (Lipinski definition) is 2. The number of unbranched alkanes of at least 4 members (excludes halogenated alkanes) is 5. The van der Waals surface area contributed by atoms with Gasteiger partial charge >= 0.3 is 0 Å². The molecule has 0 aromatic heterocycles. The summed E-state index contributed by atoms with van der Waals surface area (Å²) in [5, 5.41) is 13.5. The second-order valence-corrected chi connectivity index (χ2v) is 4.95. The monoisotopic (exact) mass is 276 g/mol. The topological polar surface area (TPSA) is 61.7 Å². The molecule has 0 radical (unpaired) electrons. The minimum atomic E-state index is -0.434. The van der Waals surface area contributed by atoms with Crippen LogP contribution in [0.25, 0.3) is 0 Å². The molecular weight excluding hydrogens is 252 g/mol. The van der Waals surface area contributed by atoms with Crippen molar-refractivity contribution in [2.75, 3.05) is 5.32 Å². The van der Waals surface area contributed by atoms with Gasteiger partial charge in [0.05, 0.1) is 0 Å². The summed E-state index contributed by atoms with van der Waals surface area (Å²) in [5.41, 5.74) is 2.00. The van der Waals surface area contributed by atoms with E-state index in [0.717, 1.165) is 12.6 Å². The summed E-state index contributed by atoms with van der Waals surface area (Å²) in [7, 11) is 0. The van der Waals surface area contributed by atoms with E-state index in [0.29, 0.717) is 5.69 Å². The van der Waals surface area contributed by atoms with Crippen molar-refractivity contribution in [2.24, 2.45) is 5.16 Å². The lowest BCUT2D eigenvalue weighted by atomic mass is 10.0. The van der Waals surface area contributed by atoms with E-state index in [1.54, 1.807) is 0 Å². The van der Waals surface area contributed by atoms with Crippen molar-refractivity contribution in [1.82, 2.24) is 0 Å². The minimum Gasteiger partial charge on any atom is -0.411 e. The van der Waals surface area contributed by atoms with Crippen molar-refractivity contribution >= 4 is 17.8 Å². The third-order valence-corrected chi connectivity index (χ3v) is 3.22. The van der Waals surface area contributed by atoms with Gasteiger partial charge in [-0.2, -0.15) is 0 Å². The number of nitrogens with zero attached hydrogens (tertiary/aromatic N) is 1. The average Bonchev–Trinajstić information content (AvgIpc) is 2.45. The molecular formula is C16H24N2O2. The molecule has 0 fully saturated rings. The van der Waals surface area contributed by atoms with Crippen molar-refractivity contribution in [3.63, 3.8) is 0 Å². The zero-order valence-electron chi connectivity index (χ0n) is 12.1. The Balaban J connectivity index is 2.26. The summed E-state index contributed by atoms with van der Waals surface area (Å²) in [4.78, 5) is 11.2. The van der Waals surface area contributed by atoms with Crippen molar-refractivity contribution in [3.05, 3.63) is 29.8 Å². The largest absolute Gasteiger partial charge is 0.411 e. The van der Waals surface area contributed by atoms with Crippen LogP contribution >= 0.6 is 0 Å². The van der Waals surface area contributed by atoms with E-state index >= 15 is 0 Å². The molecule has 1 amide bonds. The van der Waals surface area contributed by atoms with Crippen LogP contribution < -0.4 is 5.32 Å². The van der Waals surface area contributed by atoms with Crippen LogP contribution in [-0.2, 0) is 11.2 Å². The van der Waals surface area contributed by atoms with E-state index in [4.69, 9.17) is 5.21 Å². The predicted molar refractivity (Wildman–Crippen MR) is 82.4 cm³/mol. The third kappa shape index (κ3) is 6.92. The first kappa shape index (κ1) is 16.2. The number of rotatable bonds is 9. The van der Waals surface area contributed by atoms with Gasteiger partial charge in [0.15, 0.2) is 0 Å². The Kier molecular flexibility index (Phi) is 8.11. The van der Waals surface area contributed by atoms with Crippen LogP contribution in [0.1, 0.15) is 51.0 Å². The fourth-order valence-corrected chi connectivity index (χ4v) is 2.09. The predicted octanol–water partition coefficient (Wildman–Crippen LogP) is 3.99. The fourth-order valence-electron chi connectivity index (χ4n) is 2.09. The second-order valence-electron chi connectivity index (χ2n) is 4.95. The van der Waals surface area contributed by atoms with Gasteiger partial charge in [-0.25, -0.2) is 0 Å². The van der Waals surface area contributed by atoms with E-state index in [2.05, 4.69) is 17.4 Å². The molecule has 110 valence electrons. The first-order valence-electron chi connectivity index (χ1n) is 7.33. The van der Waals surface area contributed by atoms with Gasteiger partial charge in [-0.15, -0.1) is 0 Å². The molecule has 4 heteroatoms. The zero-order valence-corrected chi connectivity index (χ0v) is 12.1. The molecule has 0 unspecified atom stereocenters. The van der Waals surface area contributed by atoms with Gasteiger partial charge in [0, 0.05) is 5.69 Å². The normalized spacial score (nSPS) is 10.8. The van der Waals surface area contributed by atoms with Gasteiger partial charge in [-0.3, -0.25) is 4.79 Å². The van der Waals surface area contributed by atoms with Crippen LogP contribution in [0, 0.1) is 0 Å². The average molecular weight is 276 g/mol. The number of hydrogen-bond acceptors (Lipinski definition) is 3. The summed E-state index contributed by atoms with van der Waals surface area (Å²) >= 11 is 0. The highest BCUT2D eigenvalue weighted by molar-refractivity contribution is 6.31. The smallest absolute Gasteiger partial charge is 0.270 e. The van der Waals surface area contributed by atoms with Crippen molar-refractivity contribution in [3.8, 4) is 0 Å². The van der Waals surface area contributed by atoms with Crippen molar-refractivity contribution < 1.29 is 10.0 Å². The SMILES string of the molecule is CCCCCCCCc1ccc(NC(=O)/C=N/O)cc1. The Hall–Kier alpha value is -1.84. The van der Waals surface area contributed by atoms with Crippen LogP contribution in [0.2, 0.25) is 0 Å². The number of amides is 1. The third-order valence-electron chi connectivity index (χ3n) is 3.22. The van der Waals surface area contributed by atoms with Crippen molar-refractivity contribution in [2.45, 2.75) is 51.9 Å². The molecule has 0 bridgehead atoms. The first-order valence-corrected chi connectivity index (χ1v) is 7.33. The molecule has 4 nitrogen and oxygen atoms in total. The summed E-state index contributed by atoms with van der Waals surface area (Å²) < 4.78 is 0. The molecule has 0 saturated carbocycles. The number of benzene rings is 1. The summed E-state index contributed by atoms with van der Waals surface area (Å²) in [6.45, 7) is 2.23. The molecule has 1 aromatic rings. The molecule has 0 aliphatic rings. The Morgan fingerprint density at radius 2 is 1.80 bits per heavy atom. The van der Waals surface area contributed by atoms with E-state index in [1.807, 2.05) is 24.3 Å². The molecule has 0 atom stereocenters. The minimum absolute atomic E-state index is 0.434. The molecule has 1 aromatic carbocycles. The van der Waals surface area contributed by atoms with Crippen LogP contribution in [0.15, 0.2) is 29.4 Å². The van der Waals surface area contributed by atoms with Gasteiger partial charge in [-0.1, -0.05) is 56.3 Å². The van der Waals surface area contributed by atoms with E-state index in [1.165, 1.54) is 44.1 Å². The van der Waals surface area contributed by atoms with Crippen LogP contribution in [0.4, 0.5) is 5.69 Å². The summed E-state index contributed by atoms with van der Waals surface area (Å²) in [5.74, 6) is -0.434. The molecule has 0 spiro atoms. The van der Waals surface area contributed by atoms with Crippen LogP contribution in [0.3, 0.4) is 0 Å². The maximum absolute atomic E-state index is 11.2. The number of anilines is 1. The van der Waals surface area contributed by atoms with E-state index in [-0.39, 0.29) is 0 Å². The van der Waals surface area contributed by atoms with Gasteiger partial charge in [0.1, 0.15) is 6.21 Å². The molecule has 1 rings (SSSR count). The molecule has 2 N–H and O–H groups in total. The van der Waals surface area contributed by atoms with Gasteiger partial charge < -0.3 is 10.5 Å². The molecule has 20 heavy (non-hydrogen) atoms. The highest BCUT2D eigenvalue weighted by Crippen LogP contribution is 2.13. The second kappa shape index (κ2) is 10.0. The fraction of sp³-hybridized carbons (Fsp3) is 0.500.